The van der Waals surface area contributed by atoms with Gasteiger partial charge in [-0.05, 0) is 26.9 Å². The molecule has 8 nitrogen and oxygen atoms in total. The SMILES string of the molecule is CN(C)C1CCCCC1NC(=O)Cn1cc([N+](=O)[O-])cn1. The molecule has 1 aliphatic rings. The Balaban J connectivity index is 1.92. The third-order valence-electron chi connectivity index (χ3n) is 3.88. The van der Waals surface area contributed by atoms with Crippen molar-refractivity contribution in [1.29, 1.82) is 0 Å². The lowest BCUT2D eigenvalue weighted by Crippen LogP contribution is -2.51. The Bertz CT molecular complexity index is 514. The highest BCUT2D eigenvalue weighted by Gasteiger charge is 2.28. The van der Waals surface area contributed by atoms with Crippen molar-refractivity contribution in [3.63, 3.8) is 0 Å². The molecule has 1 fully saturated rings. The number of likely N-dealkylation sites (N-methyl/N-ethyl adjacent to an activating group) is 1. The molecule has 1 saturated carbocycles. The lowest BCUT2D eigenvalue weighted by atomic mass is 9.89. The van der Waals surface area contributed by atoms with Gasteiger partial charge in [0.15, 0.2) is 0 Å². The van der Waals surface area contributed by atoms with Crippen molar-refractivity contribution in [3.8, 4) is 0 Å². The Morgan fingerprint density at radius 2 is 2.24 bits per heavy atom. The molecule has 0 spiro atoms. The van der Waals surface area contributed by atoms with Crippen molar-refractivity contribution in [2.24, 2.45) is 0 Å². The van der Waals surface area contributed by atoms with Crippen molar-refractivity contribution in [3.05, 3.63) is 22.5 Å². The van der Waals surface area contributed by atoms with E-state index in [-0.39, 0.29) is 24.2 Å². The molecule has 1 amide bonds. The molecule has 1 N–H and O–H groups in total. The Labute approximate surface area is 123 Å². The van der Waals surface area contributed by atoms with Gasteiger partial charge in [0.25, 0.3) is 0 Å². The third-order valence-corrected chi connectivity index (χ3v) is 3.88. The number of carbonyl (C=O) groups is 1. The highest BCUT2D eigenvalue weighted by atomic mass is 16.6. The normalized spacial score (nSPS) is 22.2. The number of aromatic nitrogens is 2. The Kier molecular flexibility index (Phi) is 4.89. The van der Waals surface area contributed by atoms with Crippen LogP contribution in [0.2, 0.25) is 0 Å². The summed E-state index contributed by atoms with van der Waals surface area (Å²) in [6.07, 6.45) is 6.75. The predicted molar refractivity (Wildman–Crippen MR) is 76.8 cm³/mol. The summed E-state index contributed by atoms with van der Waals surface area (Å²) >= 11 is 0. The lowest BCUT2D eigenvalue weighted by molar-refractivity contribution is -0.385. The van der Waals surface area contributed by atoms with Crippen LogP contribution in [0.15, 0.2) is 12.4 Å². The van der Waals surface area contributed by atoms with E-state index in [9.17, 15) is 14.9 Å². The van der Waals surface area contributed by atoms with Crippen LogP contribution in [0.5, 0.6) is 0 Å². The zero-order valence-corrected chi connectivity index (χ0v) is 12.4. The fourth-order valence-corrected chi connectivity index (χ4v) is 2.83. The van der Waals surface area contributed by atoms with Crippen molar-refractivity contribution in [2.75, 3.05) is 14.1 Å². The van der Waals surface area contributed by atoms with Crippen LogP contribution < -0.4 is 5.32 Å². The molecule has 1 aromatic heterocycles. The molecule has 1 aromatic rings. The number of hydrogen-bond donors (Lipinski definition) is 1. The summed E-state index contributed by atoms with van der Waals surface area (Å²) in [7, 11) is 4.04. The van der Waals surface area contributed by atoms with Gasteiger partial charge >= 0.3 is 5.69 Å². The minimum Gasteiger partial charge on any atom is -0.350 e. The van der Waals surface area contributed by atoms with E-state index < -0.39 is 4.92 Å². The predicted octanol–water partition coefficient (Wildman–Crippen LogP) is 0.780. The largest absolute Gasteiger partial charge is 0.350 e. The highest BCUT2D eigenvalue weighted by Crippen LogP contribution is 2.21. The molecular weight excluding hydrogens is 274 g/mol. The molecule has 21 heavy (non-hydrogen) atoms. The standard InChI is InChI=1S/C13H21N5O3/c1-16(2)12-6-4-3-5-11(12)15-13(19)9-17-8-10(7-14-17)18(20)21/h7-8,11-12H,3-6,9H2,1-2H3,(H,15,19). The van der Waals surface area contributed by atoms with Crippen molar-refractivity contribution in [2.45, 2.75) is 44.3 Å². The Morgan fingerprint density at radius 1 is 1.52 bits per heavy atom. The molecule has 0 bridgehead atoms. The highest BCUT2D eigenvalue weighted by molar-refractivity contribution is 5.76. The molecule has 116 valence electrons. The number of nitrogens with one attached hydrogen (secondary N) is 1. The first-order valence-electron chi connectivity index (χ1n) is 7.10. The van der Waals surface area contributed by atoms with Gasteiger partial charge in [0.1, 0.15) is 18.9 Å². The monoisotopic (exact) mass is 295 g/mol. The van der Waals surface area contributed by atoms with Crippen LogP contribution >= 0.6 is 0 Å². The van der Waals surface area contributed by atoms with E-state index in [0.29, 0.717) is 6.04 Å². The summed E-state index contributed by atoms with van der Waals surface area (Å²) < 4.78 is 1.29. The summed E-state index contributed by atoms with van der Waals surface area (Å²) in [5.74, 6) is -0.160. The Hall–Kier alpha value is -1.96. The fourth-order valence-electron chi connectivity index (χ4n) is 2.83. The van der Waals surface area contributed by atoms with Gasteiger partial charge in [0.05, 0.1) is 4.92 Å². The van der Waals surface area contributed by atoms with E-state index in [1.807, 2.05) is 14.1 Å². The molecule has 2 unspecified atom stereocenters. The van der Waals surface area contributed by atoms with Crippen molar-refractivity contribution >= 4 is 11.6 Å². The van der Waals surface area contributed by atoms with Gasteiger partial charge in [0, 0.05) is 12.1 Å². The van der Waals surface area contributed by atoms with Crippen LogP contribution in [0.4, 0.5) is 5.69 Å². The quantitative estimate of drug-likeness (QED) is 0.640. The molecule has 0 radical (unpaired) electrons. The van der Waals surface area contributed by atoms with Gasteiger partial charge in [-0.3, -0.25) is 19.6 Å². The maximum atomic E-state index is 12.1. The second kappa shape index (κ2) is 6.66. The first-order valence-corrected chi connectivity index (χ1v) is 7.10. The lowest BCUT2D eigenvalue weighted by Gasteiger charge is -2.36. The molecule has 0 aromatic carbocycles. The summed E-state index contributed by atoms with van der Waals surface area (Å²) in [5, 5.41) is 17.4. The molecule has 2 rings (SSSR count). The van der Waals surface area contributed by atoms with E-state index in [1.165, 1.54) is 17.3 Å². The first kappa shape index (κ1) is 15.4. The molecule has 2 atom stereocenters. The molecule has 0 aliphatic heterocycles. The van der Waals surface area contributed by atoms with Crippen LogP contribution in [0.25, 0.3) is 0 Å². The topological polar surface area (TPSA) is 93.3 Å². The van der Waals surface area contributed by atoms with Gasteiger partial charge in [-0.15, -0.1) is 0 Å². The van der Waals surface area contributed by atoms with E-state index in [0.717, 1.165) is 25.5 Å². The van der Waals surface area contributed by atoms with Crippen LogP contribution in [-0.2, 0) is 11.3 Å². The van der Waals surface area contributed by atoms with Gasteiger partial charge in [0.2, 0.25) is 5.91 Å². The average Bonchev–Trinajstić information content (AvgIpc) is 2.87. The maximum absolute atomic E-state index is 12.1. The van der Waals surface area contributed by atoms with Crippen LogP contribution in [0.3, 0.4) is 0 Å². The van der Waals surface area contributed by atoms with E-state index in [4.69, 9.17) is 0 Å². The number of nitro groups is 1. The molecule has 1 heterocycles. The minimum atomic E-state index is -0.523. The Morgan fingerprint density at radius 3 is 2.86 bits per heavy atom. The third kappa shape index (κ3) is 4.01. The molecule has 0 saturated heterocycles. The van der Waals surface area contributed by atoms with Crippen molar-refractivity contribution in [1.82, 2.24) is 20.0 Å². The first-order chi connectivity index (χ1) is 9.97. The van der Waals surface area contributed by atoms with Crippen molar-refractivity contribution < 1.29 is 9.72 Å². The zero-order valence-electron chi connectivity index (χ0n) is 12.4. The second-order valence-electron chi connectivity index (χ2n) is 5.64. The van der Waals surface area contributed by atoms with E-state index in [2.05, 4.69) is 15.3 Å². The molecular formula is C13H21N5O3. The number of hydrogen-bond acceptors (Lipinski definition) is 5. The summed E-state index contributed by atoms with van der Waals surface area (Å²) in [5.41, 5.74) is -0.105. The second-order valence-corrected chi connectivity index (χ2v) is 5.64. The fraction of sp³-hybridized carbons (Fsp3) is 0.692. The number of carbonyl (C=O) groups excluding carboxylic acids is 1. The summed E-state index contributed by atoms with van der Waals surface area (Å²) in [6.45, 7) is 0.00445. The van der Waals surface area contributed by atoms with E-state index >= 15 is 0 Å². The van der Waals surface area contributed by atoms with Gasteiger partial charge in [-0.2, -0.15) is 5.10 Å². The smallest absolute Gasteiger partial charge is 0.307 e. The van der Waals surface area contributed by atoms with Gasteiger partial charge in [-0.1, -0.05) is 12.8 Å². The van der Waals surface area contributed by atoms with Crippen LogP contribution in [0.1, 0.15) is 25.7 Å². The van der Waals surface area contributed by atoms with Crippen LogP contribution in [0, 0.1) is 10.1 Å². The minimum absolute atomic E-state index is 0.00445. The number of rotatable bonds is 5. The van der Waals surface area contributed by atoms with Gasteiger partial charge in [-0.25, -0.2) is 0 Å². The summed E-state index contributed by atoms with van der Waals surface area (Å²) in [4.78, 5) is 24.3. The number of amides is 1. The van der Waals surface area contributed by atoms with Gasteiger partial charge < -0.3 is 10.2 Å². The van der Waals surface area contributed by atoms with E-state index in [1.54, 1.807) is 0 Å². The maximum Gasteiger partial charge on any atom is 0.307 e. The molecule has 1 aliphatic carbocycles. The van der Waals surface area contributed by atoms with Crippen LogP contribution in [-0.4, -0.2) is 51.7 Å². The molecule has 8 heteroatoms. The number of nitrogens with zero attached hydrogens (tertiary/aromatic N) is 4. The summed E-state index contributed by atoms with van der Waals surface area (Å²) in [6, 6.07) is 0.474. The zero-order chi connectivity index (χ0) is 15.4. The average molecular weight is 295 g/mol.